The molecular weight excluding hydrogens is 232 g/mol. The first-order valence-electron chi connectivity index (χ1n) is 7.97. The zero-order valence-electron chi connectivity index (χ0n) is 12.1. The summed E-state index contributed by atoms with van der Waals surface area (Å²) in [5.41, 5.74) is 4.31. The molecule has 0 bridgehead atoms. The molecule has 1 saturated heterocycles. The van der Waals surface area contributed by atoms with E-state index in [1.54, 1.807) is 0 Å². The highest BCUT2D eigenvalue weighted by molar-refractivity contribution is 5.62. The van der Waals surface area contributed by atoms with Crippen molar-refractivity contribution in [1.29, 1.82) is 0 Å². The summed E-state index contributed by atoms with van der Waals surface area (Å²) >= 11 is 0. The van der Waals surface area contributed by atoms with Gasteiger partial charge in [0, 0.05) is 30.5 Å². The molecule has 1 fully saturated rings. The molecule has 2 heterocycles. The van der Waals surface area contributed by atoms with Gasteiger partial charge in [0.1, 0.15) is 0 Å². The second kappa shape index (κ2) is 5.85. The van der Waals surface area contributed by atoms with Gasteiger partial charge in [-0.3, -0.25) is 0 Å². The number of aryl methyl sites for hydroxylation is 1. The summed E-state index contributed by atoms with van der Waals surface area (Å²) in [4.78, 5) is 2.59. The molecule has 0 spiro atoms. The summed E-state index contributed by atoms with van der Waals surface area (Å²) in [5.74, 6) is 0. The molecule has 0 aromatic heterocycles. The second-order valence-electron chi connectivity index (χ2n) is 6.18. The topological polar surface area (TPSA) is 15.3 Å². The van der Waals surface area contributed by atoms with Crippen LogP contribution in [0.4, 0.5) is 11.4 Å². The molecule has 2 nitrogen and oxygen atoms in total. The quantitative estimate of drug-likeness (QED) is 0.812. The molecule has 2 aliphatic heterocycles. The van der Waals surface area contributed by atoms with Crippen molar-refractivity contribution < 1.29 is 0 Å². The van der Waals surface area contributed by atoms with Gasteiger partial charge in [0.15, 0.2) is 0 Å². The van der Waals surface area contributed by atoms with E-state index < -0.39 is 0 Å². The molecule has 1 aromatic rings. The fourth-order valence-corrected chi connectivity index (χ4v) is 3.34. The fourth-order valence-electron chi connectivity index (χ4n) is 3.34. The lowest BCUT2D eigenvalue weighted by Gasteiger charge is -2.30. The zero-order chi connectivity index (χ0) is 13.1. The van der Waals surface area contributed by atoms with E-state index >= 15 is 0 Å². The van der Waals surface area contributed by atoms with Crippen molar-refractivity contribution in [2.45, 2.75) is 57.9 Å². The van der Waals surface area contributed by atoms with Gasteiger partial charge in [0.25, 0.3) is 0 Å². The number of nitrogens with zero attached hydrogens (tertiary/aromatic N) is 1. The minimum Gasteiger partial charge on any atom is -0.382 e. The van der Waals surface area contributed by atoms with E-state index in [1.807, 2.05) is 0 Å². The van der Waals surface area contributed by atoms with Crippen molar-refractivity contribution in [3.63, 3.8) is 0 Å². The SMILES string of the molecule is CC1CCc2cc(N3CCCCCCC3)ccc2N1. The van der Waals surface area contributed by atoms with Crippen LogP contribution in [0.25, 0.3) is 0 Å². The average molecular weight is 258 g/mol. The third-order valence-corrected chi connectivity index (χ3v) is 4.56. The monoisotopic (exact) mass is 258 g/mol. The Bertz CT molecular complexity index is 419. The van der Waals surface area contributed by atoms with Crippen LogP contribution in [0.2, 0.25) is 0 Å². The number of anilines is 2. The third-order valence-electron chi connectivity index (χ3n) is 4.56. The van der Waals surface area contributed by atoms with Gasteiger partial charge < -0.3 is 10.2 Å². The number of nitrogens with one attached hydrogen (secondary N) is 1. The number of rotatable bonds is 1. The summed E-state index contributed by atoms with van der Waals surface area (Å²) < 4.78 is 0. The Morgan fingerprint density at radius 3 is 2.58 bits per heavy atom. The summed E-state index contributed by atoms with van der Waals surface area (Å²) in [6, 6.07) is 7.65. The van der Waals surface area contributed by atoms with Crippen LogP contribution in [0.1, 0.15) is 51.0 Å². The second-order valence-corrected chi connectivity index (χ2v) is 6.18. The van der Waals surface area contributed by atoms with E-state index in [1.165, 1.54) is 75.0 Å². The Balaban J connectivity index is 1.77. The van der Waals surface area contributed by atoms with Crippen LogP contribution in [0.5, 0.6) is 0 Å². The first-order valence-corrected chi connectivity index (χ1v) is 7.97. The molecule has 19 heavy (non-hydrogen) atoms. The molecule has 2 aliphatic rings. The molecule has 104 valence electrons. The van der Waals surface area contributed by atoms with Crippen molar-refractivity contribution in [3.8, 4) is 0 Å². The summed E-state index contributed by atoms with van der Waals surface area (Å²) in [6.07, 6.45) is 9.43. The van der Waals surface area contributed by atoms with Crippen LogP contribution in [0.3, 0.4) is 0 Å². The van der Waals surface area contributed by atoms with E-state index in [-0.39, 0.29) is 0 Å². The van der Waals surface area contributed by atoms with Crippen molar-refractivity contribution in [1.82, 2.24) is 0 Å². The highest BCUT2D eigenvalue weighted by atomic mass is 15.1. The maximum absolute atomic E-state index is 3.59. The molecule has 1 N–H and O–H groups in total. The third kappa shape index (κ3) is 3.05. The Hall–Kier alpha value is -1.18. The minimum absolute atomic E-state index is 0.625. The van der Waals surface area contributed by atoms with E-state index in [0.29, 0.717) is 6.04 Å². The van der Waals surface area contributed by atoms with Crippen LogP contribution in [-0.2, 0) is 6.42 Å². The lowest BCUT2D eigenvalue weighted by Crippen LogP contribution is -2.28. The molecule has 0 saturated carbocycles. The van der Waals surface area contributed by atoms with Gasteiger partial charge in [-0.1, -0.05) is 19.3 Å². The molecule has 1 unspecified atom stereocenters. The minimum atomic E-state index is 0.625. The van der Waals surface area contributed by atoms with Crippen LogP contribution in [0, 0.1) is 0 Å². The lowest BCUT2D eigenvalue weighted by atomic mass is 9.98. The predicted octanol–water partition coefficient (Wildman–Crippen LogP) is 4.20. The van der Waals surface area contributed by atoms with Crippen LogP contribution in [0.15, 0.2) is 18.2 Å². The van der Waals surface area contributed by atoms with Gasteiger partial charge in [-0.15, -0.1) is 0 Å². The van der Waals surface area contributed by atoms with Gasteiger partial charge in [-0.05, 0) is 56.4 Å². The molecule has 1 aromatic carbocycles. The van der Waals surface area contributed by atoms with Gasteiger partial charge in [0.05, 0.1) is 0 Å². The van der Waals surface area contributed by atoms with Crippen LogP contribution < -0.4 is 10.2 Å². The Labute approximate surface area is 117 Å². The molecule has 3 rings (SSSR count). The largest absolute Gasteiger partial charge is 0.382 e. The average Bonchev–Trinajstić information content (AvgIpc) is 2.38. The standard InChI is InChI=1S/C17H26N2/c1-14-7-8-15-13-16(9-10-17(15)18-14)19-11-5-3-2-4-6-12-19/h9-10,13-14,18H,2-8,11-12H2,1H3. The molecule has 0 aliphatic carbocycles. The van der Waals surface area contributed by atoms with E-state index in [9.17, 15) is 0 Å². The highest BCUT2D eigenvalue weighted by Gasteiger charge is 2.16. The van der Waals surface area contributed by atoms with Gasteiger partial charge in [-0.25, -0.2) is 0 Å². The number of benzene rings is 1. The number of hydrogen-bond acceptors (Lipinski definition) is 2. The molecular formula is C17H26N2. The first kappa shape index (κ1) is 12.8. The summed E-state index contributed by atoms with van der Waals surface area (Å²) in [7, 11) is 0. The zero-order valence-corrected chi connectivity index (χ0v) is 12.1. The maximum Gasteiger partial charge on any atom is 0.0376 e. The molecule has 0 amide bonds. The maximum atomic E-state index is 3.59. The van der Waals surface area contributed by atoms with E-state index in [0.717, 1.165) is 0 Å². The lowest BCUT2D eigenvalue weighted by molar-refractivity contribution is 0.556. The number of hydrogen-bond donors (Lipinski definition) is 1. The number of fused-ring (bicyclic) bond motifs is 1. The van der Waals surface area contributed by atoms with Gasteiger partial charge in [-0.2, -0.15) is 0 Å². The predicted molar refractivity (Wildman–Crippen MR) is 83.1 cm³/mol. The Morgan fingerprint density at radius 1 is 1.05 bits per heavy atom. The highest BCUT2D eigenvalue weighted by Crippen LogP contribution is 2.29. The normalized spacial score (nSPS) is 24.1. The molecule has 0 radical (unpaired) electrons. The summed E-state index contributed by atoms with van der Waals surface area (Å²) in [5, 5.41) is 3.59. The molecule has 1 atom stereocenters. The van der Waals surface area contributed by atoms with Crippen molar-refractivity contribution in [3.05, 3.63) is 23.8 Å². The van der Waals surface area contributed by atoms with Gasteiger partial charge >= 0.3 is 0 Å². The van der Waals surface area contributed by atoms with Crippen molar-refractivity contribution in [2.75, 3.05) is 23.3 Å². The molecule has 2 heteroatoms. The summed E-state index contributed by atoms with van der Waals surface area (Å²) in [6.45, 7) is 4.75. The van der Waals surface area contributed by atoms with Crippen molar-refractivity contribution in [2.24, 2.45) is 0 Å². The Kier molecular flexibility index (Phi) is 3.95. The van der Waals surface area contributed by atoms with E-state index in [4.69, 9.17) is 0 Å². The van der Waals surface area contributed by atoms with Crippen LogP contribution in [-0.4, -0.2) is 19.1 Å². The van der Waals surface area contributed by atoms with Crippen LogP contribution >= 0.6 is 0 Å². The van der Waals surface area contributed by atoms with Gasteiger partial charge in [0.2, 0.25) is 0 Å². The first-order chi connectivity index (χ1) is 9.33. The fraction of sp³-hybridized carbons (Fsp3) is 0.647. The van der Waals surface area contributed by atoms with E-state index in [2.05, 4.69) is 35.3 Å². The smallest absolute Gasteiger partial charge is 0.0376 e. The van der Waals surface area contributed by atoms with Crippen molar-refractivity contribution >= 4 is 11.4 Å². The Morgan fingerprint density at radius 2 is 1.79 bits per heavy atom.